The van der Waals surface area contributed by atoms with Crippen molar-refractivity contribution in [3.8, 4) is 0 Å². The molecule has 0 spiro atoms. The van der Waals surface area contributed by atoms with Crippen molar-refractivity contribution < 1.29 is 0 Å². The summed E-state index contributed by atoms with van der Waals surface area (Å²) < 4.78 is 1.22. The van der Waals surface area contributed by atoms with Crippen LogP contribution in [-0.2, 0) is 6.54 Å². The molecule has 1 unspecified atom stereocenters. The first kappa shape index (κ1) is 16.8. The average molecular weight is 353 g/mol. The van der Waals surface area contributed by atoms with Gasteiger partial charge in [0.15, 0.2) is 0 Å². The lowest BCUT2D eigenvalue weighted by atomic mass is 9.95. The van der Waals surface area contributed by atoms with Crippen molar-refractivity contribution >= 4 is 21.6 Å². The van der Waals surface area contributed by atoms with E-state index in [1.54, 1.807) is 0 Å². The predicted octanol–water partition coefficient (Wildman–Crippen LogP) is 4.96. The molecule has 1 aliphatic rings. The molecule has 0 bridgehead atoms. The van der Waals surface area contributed by atoms with Gasteiger partial charge in [0.05, 0.1) is 0 Å². The number of piperidine rings is 1. The quantitative estimate of drug-likeness (QED) is 0.823. The molecule has 1 N–H and O–H groups in total. The van der Waals surface area contributed by atoms with Crippen molar-refractivity contribution in [1.82, 2.24) is 5.32 Å². The first-order chi connectivity index (χ1) is 9.89. The Morgan fingerprint density at radius 1 is 1.33 bits per heavy atom. The highest BCUT2D eigenvalue weighted by atomic mass is 79.9. The molecular weight excluding hydrogens is 324 g/mol. The number of nitrogens with one attached hydrogen (secondary N) is 1. The van der Waals surface area contributed by atoms with E-state index in [-0.39, 0.29) is 5.54 Å². The van der Waals surface area contributed by atoms with Gasteiger partial charge in [-0.05, 0) is 57.2 Å². The van der Waals surface area contributed by atoms with Gasteiger partial charge in [0.25, 0.3) is 0 Å². The Balaban J connectivity index is 2.04. The van der Waals surface area contributed by atoms with Crippen molar-refractivity contribution in [3.63, 3.8) is 0 Å². The minimum atomic E-state index is 0.152. The molecule has 1 atom stereocenters. The lowest BCUT2D eigenvalue weighted by Gasteiger charge is -2.34. The summed E-state index contributed by atoms with van der Waals surface area (Å²) in [5, 5.41) is 3.55. The maximum Gasteiger partial charge on any atom is 0.0377 e. The molecule has 1 fully saturated rings. The Kier molecular flexibility index (Phi) is 5.73. The summed E-state index contributed by atoms with van der Waals surface area (Å²) >= 11 is 3.75. The topological polar surface area (TPSA) is 15.3 Å². The largest absolute Gasteiger partial charge is 0.371 e. The standard InChI is InChI=1S/C18H29BrN2/c1-5-14-7-6-10-21(13-14)16-9-8-15(17(19)11-16)12-20-18(2,3)4/h8-9,11,14,20H,5-7,10,12-13H2,1-4H3. The van der Waals surface area contributed by atoms with E-state index in [1.165, 1.54) is 48.1 Å². The molecule has 0 amide bonds. The van der Waals surface area contributed by atoms with E-state index < -0.39 is 0 Å². The van der Waals surface area contributed by atoms with Crippen LogP contribution in [0.15, 0.2) is 22.7 Å². The second kappa shape index (κ2) is 7.15. The van der Waals surface area contributed by atoms with Crippen LogP contribution in [0.4, 0.5) is 5.69 Å². The highest BCUT2D eigenvalue weighted by Crippen LogP contribution is 2.29. The molecule has 2 nitrogen and oxygen atoms in total. The van der Waals surface area contributed by atoms with Crippen LogP contribution in [0.3, 0.4) is 0 Å². The monoisotopic (exact) mass is 352 g/mol. The van der Waals surface area contributed by atoms with Crippen molar-refractivity contribution in [2.45, 2.75) is 59.0 Å². The summed E-state index contributed by atoms with van der Waals surface area (Å²) in [5.74, 6) is 0.861. The van der Waals surface area contributed by atoms with Crippen LogP contribution in [-0.4, -0.2) is 18.6 Å². The summed E-state index contributed by atoms with van der Waals surface area (Å²) in [6.07, 6.45) is 4.01. The van der Waals surface area contributed by atoms with Crippen molar-refractivity contribution in [1.29, 1.82) is 0 Å². The third-order valence-corrected chi connectivity index (χ3v) is 5.05. The zero-order valence-electron chi connectivity index (χ0n) is 13.9. The van der Waals surface area contributed by atoms with Crippen LogP contribution in [0.2, 0.25) is 0 Å². The maximum absolute atomic E-state index is 3.75. The fraction of sp³-hybridized carbons (Fsp3) is 0.667. The zero-order valence-corrected chi connectivity index (χ0v) is 15.5. The fourth-order valence-corrected chi connectivity index (χ4v) is 3.38. The van der Waals surface area contributed by atoms with Crippen molar-refractivity contribution in [3.05, 3.63) is 28.2 Å². The number of rotatable bonds is 4. The van der Waals surface area contributed by atoms with Gasteiger partial charge in [0.1, 0.15) is 0 Å². The van der Waals surface area contributed by atoms with E-state index in [4.69, 9.17) is 0 Å². The molecule has 3 heteroatoms. The number of halogens is 1. The first-order valence-electron chi connectivity index (χ1n) is 8.17. The molecule has 0 aliphatic carbocycles. The Labute approximate surface area is 138 Å². The van der Waals surface area contributed by atoms with Gasteiger partial charge in [-0.3, -0.25) is 0 Å². The maximum atomic E-state index is 3.75. The van der Waals surface area contributed by atoms with Crippen LogP contribution in [0.25, 0.3) is 0 Å². The fourth-order valence-electron chi connectivity index (χ4n) is 2.87. The SMILES string of the molecule is CCC1CCCN(c2ccc(CNC(C)(C)C)c(Br)c2)C1. The summed E-state index contributed by atoms with van der Waals surface area (Å²) in [7, 11) is 0. The molecule has 1 aromatic rings. The van der Waals surface area contributed by atoms with E-state index in [1.807, 2.05) is 0 Å². The molecule has 21 heavy (non-hydrogen) atoms. The van der Waals surface area contributed by atoms with Crippen LogP contribution < -0.4 is 10.2 Å². The molecule has 118 valence electrons. The van der Waals surface area contributed by atoms with E-state index >= 15 is 0 Å². The van der Waals surface area contributed by atoms with Gasteiger partial charge >= 0.3 is 0 Å². The summed E-state index contributed by atoms with van der Waals surface area (Å²) in [6, 6.07) is 6.83. The predicted molar refractivity (Wildman–Crippen MR) is 96.0 cm³/mol. The van der Waals surface area contributed by atoms with Crippen LogP contribution in [0, 0.1) is 5.92 Å². The van der Waals surface area contributed by atoms with E-state index in [9.17, 15) is 0 Å². The van der Waals surface area contributed by atoms with Gasteiger partial charge in [-0.15, -0.1) is 0 Å². The Morgan fingerprint density at radius 3 is 2.71 bits per heavy atom. The van der Waals surface area contributed by atoms with E-state index in [2.05, 4.69) is 72.0 Å². The molecule has 1 aromatic carbocycles. The minimum absolute atomic E-state index is 0.152. The molecule has 0 aromatic heterocycles. The summed E-state index contributed by atoms with van der Waals surface area (Å²) in [4.78, 5) is 2.55. The number of hydrogen-bond donors (Lipinski definition) is 1. The highest BCUT2D eigenvalue weighted by Gasteiger charge is 2.19. The van der Waals surface area contributed by atoms with Crippen molar-refractivity contribution in [2.24, 2.45) is 5.92 Å². The summed E-state index contributed by atoms with van der Waals surface area (Å²) in [6.45, 7) is 12.2. The van der Waals surface area contributed by atoms with E-state index in [0.717, 1.165) is 12.5 Å². The smallest absolute Gasteiger partial charge is 0.0377 e. The van der Waals surface area contributed by atoms with Gasteiger partial charge in [-0.25, -0.2) is 0 Å². The van der Waals surface area contributed by atoms with Crippen LogP contribution >= 0.6 is 15.9 Å². The lowest BCUT2D eigenvalue weighted by Crippen LogP contribution is -2.36. The van der Waals surface area contributed by atoms with Gasteiger partial charge in [-0.2, -0.15) is 0 Å². The zero-order chi connectivity index (χ0) is 15.5. The molecule has 1 heterocycles. The molecular formula is C18H29BrN2. The number of benzene rings is 1. The third kappa shape index (κ3) is 5.00. The Bertz CT molecular complexity index is 465. The van der Waals surface area contributed by atoms with Crippen molar-refractivity contribution in [2.75, 3.05) is 18.0 Å². The molecule has 0 radical (unpaired) electrons. The van der Waals surface area contributed by atoms with Gasteiger partial charge < -0.3 is 10.2 Å². The Hall–Kier alpha value is -0.540. The number of hydrogen-bond acceptors (Lipinski definition) is 2. The number of nitrogens with zero attached hydrogens (tertiary/aromatic N) is 1. The molecule has 1 saturated heterocycles. The van der Waals surface area contributed by atoms with Crippen LogP contribution in [0.5, 0.6) is 0 Å². The number of anilines is 1. The second-order valence-corrected chi connectivity index (χ2v) is 8.10. The first-order valence-corrected chi connectivity index (χ1v) is 8.97. The third-order valence-electron chi connectivity index (χ3n) is 4.31. The Morgan fingerprint density at radius 2 is 2.10 bits per heavy atom. The normalized spacial score (nSPS) is 19.9. The molecule has 0 saturated carbocycles. The highest BCUT2D eigenvalue weighted by molar-refractivity contribution is 9.10. The van der Waals surface area contributed by atoms with Crippen LogP contribution in [0.1, 0.15) is 52.5 Å². The van der Waals surface area contributed by atoms with Gasteiger partial charge in [0, 0.05) is 35.3 Å². The average Bonchev–Trinajstić information content (AvgIpc) is 2.45. The van der Waals surface area contributed by atoms with E-state index in [0.29, 0.717) is 0 Å². The van der Waals surface area contributed by atoms with Gasteiger partial charge in [-0.1, -0.05) is 35.3 Å². The summed E-state index contributed by atoms with van der Waals surface area (Å²) in [5.41, 5.74) is 2.84. The minimum Gasteiger partial charge on any atom is -0.371 e. The molecule has 1 aliphatic heterocycles. The second-order valence-electron chi connectivity index (χ2n) is 7.24. The lowest BCUT2D eigenvalue weighted by molar-refractivity contribution is 0.404. The molecule has 2 rings (SSSR count). The van der Waals surface area contributed by atoms with Gasteiger partial charge in [0.2, 0.25) is 0 Å².